The minimum absolute atomic E-state index is 0. The topological polar surface area (TPSA) is 52.7 Å². The van der Waals surface area contributed by atoms with Gasteiger partial charge in [-0.15, -0.1) is 12.4 Å². The molecular formula is C23H28ClN3O2. The third kappa shape index (κ3) is 4.98. The SMILES string of the molecule is CN(c1ccc2c(c1)CCC(=O)N2)C1CCN(CC(=O)c2ccccc2)CC1.Cl. The van der Waals surface area contributed by atoms with Crippen molar-refractivity contribution in [2.24, 2.45) is 0 Å². The van der Waals surface area contributed by atoms with E-state index in [0.29, 0.717) is 19.0 Å². The zero-order valence-corrected chi connectivity index (χ0v) is 17.6. The van der Waals surface area contributed by atoms with E-state index < -0.39 is 0 Å². The van der Waals surface area contributed by atoms with E-state index in [1.165, 1.54) is 11.3 Å². The Bertz CT molecular complexity index is 864. The summed E-state index contributed by atoms with van der Waals surface area (Å²) >= 11 is 0. The number of carbonyl (C=O) groups excluding carboxylic acids is 2. The first kappa shape index (κ1) is 21.3. The van der Waals surface area contributed by atoms with Gasteiger partial charge < -0.3 is 10.2 Å². The number of hydrogen-bond donors (Lipinski definition) is 1. The number of anilines is 2. The van der Waals surface area contributed by atoms with Gasteiger partial charge in [-0.2, -0.15) is 0 Å². The van der Waals surface area contributed by atoms with E-state index in [1.54, 1.807) is 0 Å². The normalized spacial score (nSPS) is 17.1. The van der Waals surface area contributed by atoms with E-state index in [0.717, 1.165) is 43.6 Å². The van der Waals surface area contributed by atoms with Crippen molar-refractivity contribution in [2.45, 2.75) is 31.7 Å². The van der Waals surface area contributed by atoms with Gasteiger partial charge in [0, 0.05) is 49.5 Å². The standard InChI is InChI=1S/C23H27N3O2.ClH/c1-25(20-8-9-21-18(15-20)7-10-23(28)24-21)19-11-13-26(14-12-19)16-22(27)17-5-3-2-4-6-17;/h2-6,8-9,15,19H,7,10-14,16H2,1H3,(H,24,28);1H. The zero-order chi connectivity index (χ0) is 19.5. The van der Waals surface area contributed by atoms with Crippen molar-refractivity contribution in [3.63, 3.8) is 0 Å². The molecule has 2 aliphatic rings. The Kier molecular flexibility index (Phi) is 6.93. The number of aryl methyl sites for hydroxylation is 1. The van der Waals surface area contributed by atoms with Gasteiger partial charge >= 0.3 is 0 Å². The summed E-state index contributed by atoms with van der Waals surface area (Å²) < 4.78 is 0. The highest BCUT2D eigenvalue weighted by molar-refractivity contribution is 5.97. The summed E-state index contributed by atoms with van der Waals surface area (Å²) in [5.74, 6) is 0.301. The van der Waals surface area contributed by atoms with Gasteiger partial charge in [-0.25, -0.2) is 0 Å². The number of halogens is 1. The second-order valence-corrected chi connectivity index (χ2v) is 7.80. The maximum absolute atomic E-state index is 12.4. The van der Waals surface area contributed by atoms with Crippen molar-refractivity contribution < 1.29 is 9.59 Å². The number of nitrogens with zero attached hydrogens (tertiary/aromatic N) is 2. The monoisotopic (exact) mass is 413 g/mol. The van der Waals surface area contributed by atoms with Crippen LogP contribution in [0.15, 0.2) is 48.5 Å². The number of carbonyl (C=O) groups is 2. The number of piperidine rings is 1. The molecule has 0 aliphatic carbocycles. The first-order valence-electron chi connectivity index (χ1n) is 10.1. The Labute approximate surface area is 178 Å². The number of amides is 1. The van der Waals surface area contributed by atoms with Gasteiger partial charge in [-0.05, 0) is 43.0 Å². The van der Waals surface area contributed by atoms with Crippen LogP contribution < -0.4 is 10.2 Å². The van der Waals surface area contributed by atoms with Crippen molar-refractivity contribution in [3.05, 3.63) is 59.7 Å². The van der Waals surface area contributed by atoms with Crippen LogP contribution in [0.1, 0.15) is 35.2 Å². The first-order chi connectivity index (χ1) is 13.6. The number of rotatable bonds is 5. The fourth-order valence-corrected chi connectivity index (χ4v) is 4.18. The van der Waals surface area contributed by atoms with E-state index in [9.17, 15) is 9.59 Å². The quantitative estimate of drug-likeness (QED) is 0.758. The largest absolute Gasteiger partial charge is 0.372 e. The Morgan fingerprint density at radius 1 is 1.10 bits per heavy atom. The maximum Gasteiger partial charge on any atom is 0.224 e. The minimum Gasteiger partial charge on any atom is -0.372 e. The van der Waals surface area contributed by atoms with E-state index >= 15 is 0 Å². The Morgan fingerprint density at radius 2 is 1.83 bits per heavy atom. The van der Waals surface area contributed by atoms with Crippen LogP contribution in [0.5, 0.6) is 0 Å². The highest BCUT2D eigenvalue weighted by atomic mass is 35.5. The number of benzene rings is 2. The second-order valence-electron chi connectivity index (χ2n) is 7.80. The molecule has 1 saturated heterocycles. The predicted octanol–water partition coefficient (Wildman–Crippen LogP) is 3.78. The summed E-state index contributed by atoms with van der Waals surface area (Å²) in [5, 5.41) is 2.95. The summed E-state index contributed by atoms with van der Waals surface area (Å²) in [6.07, 6.45) is 3.47. The first-order valence-corrected chi connectivity index (χ1v) is 10.1. The summed E-state index contributed by atoms with van der Waals surface area (Å²) in [6, 6.07) is 16.3. The molecule has 1 N–H and O–H groups in total. The fraction of sp³-hybridized carbons (Fsp3) is 0.391. The van der Waals surface area contributed by atoms with E-state index in [1.807, 2.05) is 36.4 Å². The number of ketones is 1. The molecule has 1 fully saturated rings. The smallest absolute Gasteiger partial charge is 0.224 e. The number of nitrogens with one attached hydrogen (secondary N) is 1. The van der Waals surface area contributed by atoms with E-state index in [2.05, 4.69) is 34.3 Å². The van der Waals surface area contributed by atoms with Gasteiger partial charge in [0.25, 0.3) is 0 Å². The van der Waals surface area contributed by atoms with Gasteiger partial charge in [-0.1, -0.05) is 30.3 Å². The number of Topliss-reactive ketones (excluding diaryl/α,β-unsaturated/α-hetero) is 1. The van der Waals surface area contributed by atoms with Gasteiger partial charge in [0.05, 0.1) is 6.54 Å². The van der Waals surface area contributed by atoms with Crippen molar-refractivity contribution in [3.8, 4) is 0 Å². The molecule has 0 saturated carbocycles. The molecule has 2 aromatic carbocycles. The van der Waals surface area contributed by atoms with Crippen molar-refractivity contribution >= 4 is 35.5 Å². The summed E-state index contributed by atoms with van der Waals surface area (Å²) in [5.41, 5.74) is 4.16. The molecule has 0 unspecified atom stereocenters. The Morgan fingerprint density at radius 3 is 2.55 bits per heavy atom. The maximum atomic E-state index is 12.4. The van der Waals surface area contributed by atoms with Gasteiger partial charge in [0.2, 0.25) is 5.91 Å². The van der Waals surface area contributed by atoms with Crippen LogP contribution >= 0.6 is 12.4 Å². The van der Waals surface area contributed by atoms with Crippen LogP contribution in [-0.4, -0.2) is 49.3 Å². The molecule has 2 heterocycles. The van der Waals surface area contributed by atoms with Crippen LogP contribution in [0.4, 0.5) is 11.4 Å². The lowest BCUT2D eigenvalue weighted by molar-refractivity contribution is -0.116. The Hall–Kier alpha value is -2.37. The lowest BCUT2D eigenvalue weighted by Gasteiger charge is -2.38. The van der Waals surface area contributed by atoms with Crippen LogP contribution in [0.25, 0.3) is 0 Å². The molecule has 2 aliphatic heterocycles. The van der Waals surface area contributed by atoms with Crippen LogP contribution in [0.2, 0.25) is 0 Å². The molecule has 4 rings (SSSR count). The zero-order valence-electron chi connectivity index (χ0n) is 16.8. The van der Waals surface area contributed by atoms with Crippen LogP contribution in [-0.2, 0) is 11.2 Å². The number of hydrogen-bond acceptors (Lipinski definition) is 4. The average Bonchev–Trinajstić information content (AvgIpc) is 2.74. The average molecular weight is 414 g/mol. The minimum atomic E-state index is 0. The molecule has 0 radical (unpaired) electrons. The van der Waals surface area contributed by atoms with Crippen LogP contribution in [0, 0.1) is 0 Å². The summed E-state index contributed by atoms with van der Waals surface area (Å²) in [7, 11) is 2.15. The second kappa shape index (κ2) is 9.42. The molecule has 29 heavy (non-hydrogen) atoms. The lowest BCUT2D eigenvalue weighted by atomic mass is 9.99. The van der Waals surface area contributed by atoms with Gasteiger partial charge in [0.15, 0.2) is 5.78 Å². The molecule has 0 bridgehead atoms. The van der Waals surface area contributed by atoms with Gasteiger partial charge in [-0.3, -0.25) is 14.5 Å². The van der Waals surface area contributed by atoms with Crippen molar-refractivity contribution in [2.75, 3.05) is 36.9 Å². The van der Waals surface area contributed by atoms with E-state index in [-0.39, 0.29) is 24.1 Å². The lowest BCUT2D eigenvalue weighted by Crippen LogP contribution is -2.45. The summed E-state index contributed by atoms with van der Waals surface area (Å²) in [6.45, 7) is 2.38. The van der Waals surface area contributed by atoms with Crippen LogP contribution in [0.3, 0.4) is 0 Å². The molecule has 0 spiro atoms. The fourth-order valence-electron chi connectivity index (χ4n) is 4.18. The molecule has 1 amide bonds. The third-order valence-electron chi connectivity index (χ3n) is 5.96. The van der Waals surface area contributed by atoms with Crippen molar-refractivity contribution in [1.29, 1.82) is 0 Å². The Balaban J connectivity index is 0.00000240. The molecule has 5 nitrogen and oxygen atoms in total. The highest BCUT2D eigenvalue weighted by Crippen LogP contribution is 2.29. The summed E-state index contributed by atoms with van der Waals surface area (Å²) in [4.78, 5) is 28.6. The van der Waals surface area contributed by atoms with E-state index in [4.69, 9.17) is 0 Å². The number of fused-ring (bicyclic) bond motifs is 1. The molecular weight excluding hydrogens is 386 g/mol. The molecule has 0 atom stereocenters. The molecule has 154 valence electrons. The predicted molar refractivity (Wildman–Crippen MR) is 119 cm³/mol. The highest BCUT2D eigenvalue weighted by Gasteiger charge is 2.25. The molecule has 6 heteroatoms. The van der Waals surface area contributed by atoms with Gasteiger partial charge in [0.1, 0.15) is 0 Å². The number of likely N-dealkylation sites (tertiary alicyclic amines) is 1. The molecule has 2 aromatic rings. The van der Waals surface area contributed by atoms with Crippen molar-refractivity contribution in [1.82, 2.24) is 4.90 Å². The molecule has 0 aromatic heterocycles. The third-order valence-corrected chi connectivity index (χ3v) is 5.96.